The number of nitrogens with two attached hydrogens (primary N) is 1. The predicted molar refractivity (Wildman–Crippen MR) is 62.9 cm³/mol. The van der Waals surface area contributed by atoms with Gasteiger partial charge < -0.3 is 5.73 Å². The molecule has 0 unspecified atom stereocenters. The summed E-state index contributed by atoms with van der Waals surface area (Å²) in [6.07, 6.45) is 3.25. The van der Waals surface area contributed by atoms with Crippen molar-refractivity contribution in [1.82, 2.24) is 0 Å². The van der Waals surface area contributed by atoms with Crippen LogP contribution in [0.15, 0.2) is 18.2 Å². The zero-order valence-corrected chi connectivity index (χ0v) is 9.78. The molecule has 0 aliphatic rings. The van der Waals surface area contributed by atoms with Crippen molar-refractivity contribution in [2.75, 3.05) is 0 Å². The Morgan fingerprint density at radius 3 is 2.64 bits per heavy atom. The van der Waals surface area contributed by atoms with Gasteiger partial charge in [-0.3, -0.25) is 0 Å². The summed E-state index contributed by atoms with van der Waals surface area (Å²) in [5.74, 6) is 0. The quantitative estimate of drug-likeness (QED) is 0.827. The van der Waals surface area contributed by atoms with E-state index in [9.17, 15) is 0 Å². The molecule has 0 aliphatic carbocycles. The van der Waals surface area contributed by atoms with Crippen LogP contribution >= 0.6 is 23.2 Å². The van der Waals surface area contributed by atoms with Crippen LogP contribution in [0.3, 0.4) is 0 Å². The van der Waals surface area contributed by atoms with Gasteiger partial charge in [-0.2, -0.15) is 0 Å². The fraction of sp³-hybridized carbons (Fsp3) is 0.455. The lowest BCUT2D eigenvalue weighted by Gasteiger charge is -2.13. The van der Waals surface area contributed by atoms with Gasteiger partial charge in [-0.25, -0.2) is 0 Å². The van der Waals surface area contributed by atoms with Crippen molar-refractivity contribution in [3.63, 3.8) is 0 Å². The van der Waals surface area contributed by atoms with Crippen molar-refractivity contribution < 1.29 is 0 Å². The third-order valence-corrected chi connectivity index (χ3v) is 2.79. The molecule has 0 amide bonds. The van der Waals surface area contributed by atoms with Crippen LogP contribution in [0.5, 0.6) is 0 Å². The smallest absolute Gasteiger partial charge is 0.0468 e. The molecule has 0 spiro atoms. The summed E-state index contributed by atoms with van der Waals surface area (Å²) in [5.41, 5.74) is 6.99. The number of hydrogen-bond acceptors (Lipinski definition) is 1. The van der Waals surface area contributed by atoms with Crippen LogP contribution < -0.4 is 5.73 Å². The van der Waals surface area contributed by atoms with E-state index in [1.54, 1.807) is 6.07 Å². The molecule has 0 saturated heterocycles. The molecule has 78 valence electrons. The molecule has 1 aromatic carbocycles. The lowest BCUT2D eigenvalue weighted by molar-refractivity contribution is 0.603. The number of hydrogen-bond donors (Lipinski definition) is 1. The molecule has 0 saturated carbocycles. The normalized spacial score (nSPS) is 12.9. The molecule has 1 aromatic rings. The third-order valence-electron chi connectivity index (χ3n) is 2.23. The summed E-state index contributed by atoms with van der Waals surface area (Å²) in [5, 5.41) is 1.32. The van der Waals surface area contributed by atoms with Crippen molar-refractivity contribution in [1.29, 1.82) is 0 Å². The Balaban J connectivity index is 2.74. The average molecular weight is 232 g/mol. The van der Waals surface area contributed by atoms with Crippen molar-refractivity contribution in [2.45, 2.75) is 32.2 Å². The highest BCUT2D eigenvalue weighted by molar-refractivity contribution is 6.35. The molecular formula is C11H15Cl2N. The third kappa shape index (κ3) is 3.16. The Morgan fingerprint density at radius 2 is 2.07 bits per heavy atom. The van der Waals surface area contributed by atoms with E-state index in [-0.39, 0.29) is 6.04 Å². The first kappa shape index (κ1) is 11.8. The second kappa shape index (κ2) is 5.59. The number of benzene rings is 1. The monoisotopic (exact) mass is 231 g/mol. The minimum absolute atomic E-state index is 0.0275. The lowest BCUT2D eigenvalue weighted by Crippen LogP contribution is -2.10. The van der Waals surface area contributed by atoms with Gasteiger partial charge >= 0.3 is 0 Å². The summed E-state index contributed by atoms with van der Waals surface area (Å²) >= 11 is 11.8. The van der Waals surface area contributed by atoms with Crippen LogP contribution in [0.2, 0.25) is 10.0 Å². The summed E-state index contributed by atoms with van der Waals surface area (Å²) in [7, 11) is 0. The van der Waals surface area contributed by atoms with Gasteiger partial charge in [0.2, 0.25) is 0 Å². The van der Waals surface area contributed by atoms with Crippen molar-refractivity contribution >= 4 is 23.2 Å². The Labute approximate surface area is 95.2 Å². The predicted octanol–water partition coefficient (Wildman–Crippen LogP) is 4.18. The van der Waals surface area contributed by atoms with E-state index in [0.717, 1.165) is 24.8 Å². The molecular weight excluding hydrogens is 217 g/mol. The fourth-order valence-corrected chi connectivity index (χ4v) is 1.93. The zero-order chi connectivity index (χ0) is 10.6. The van der Waals surface area contributed by atoms with Crippen LogP contribution in [0.25, 0.3) is 0 Å². The molecule has 0 bridgehead atoms. The Bertz CT molecular complexity index is 299. The van der Waals surface area contributed by atoms with E-state index in [1.165, 1.54) is 0 Å². The van der Waals surface area contributed by atoms with Crippen LogP contribution in [0, 0.1) is 0 Å². The molecule has 0 aromatic heterocycles. The molecule has 14 heavy (non-hydrogen) atoms. The van der Waals surface area contributed by atoms with E-state index in [4.69, 9.17) is 28.9 Å². The molecule has 0 heterocycles. The number of halogens is 2. The first-order chi connectivity index (χ1) is 6.65. The minimum Gasteiger partial charge on any atom is -0.324 e. The maximum atomic E-state index is 6.04. The van der Waals surface area contributed by atoms with Gasteiger partial charge in [0, 0.05) is 16.1 Å². The van der Waals surface area contributed by atoms with Gasteiger partial charge in [0.1, 0.15) is 0 Å². The largest absolute Gasteiger partial charge is 0.324 e. The maximum Gasteiger partial charge on any atom is 0.0468 e. The van der Waals surface area contributed by atoms with Crippen LogP contribution in [-0.2, 0) is 0 Å². The standard InChI is InChI=1S/C11H15Cl2N/c1-2-3-4-11(14)9-6-5-8(12)7-10(9)13/h5-7,11H,2-4,14H2,1H3/t11-/m1/s1. The summed E-state index contributed by atoms with van der Waals surface area (Å²) < 4.78 is 0. The van der Waals surface area contributed by atoms with Crippen LogP contribution in [-0.4, -0.2) is 0 Å². The van der Waals surface area contributed by atoms with Gasteiger partial charge in [0.25, 0.3) is 0 Å². The van der Waals surface area contributed by atoms with Crippen molar-refractivity contribution in [3.05, 3.63) is 33.8 Å². The van der Waals surface area contributed by atoms with Crippen LogP contribution in [0.1, 0.15) is 37.8 Å². The molecule has 1 nitrogen and oxygen atoms in total. The van der Waals surface area contributed by atoms with E-state index in [2.05, 4.69) is 6.92 Å². The molecule has 0 radical (unpaired) electrons. The Morgan fingerprint density at radius 1 is 1.36 bits per heavy atom. The lowest BCUT2D eigenvalue weighted by atomic mass is 10.0. The van der Waals surface area contributed by atoms with Gasteiger partial charge in [0.05, 0.1) is 0 Å². The highest BCUT2D eigenvalue weighted by Crippen LogP contribution is 2.27. The SMILES string of the molecule is CCCC[C@@H](N)c1ccc(Cl)cc1Cl. The van der Waals surface area contributed by atoms with Crippen LogP contribution in [0.4, 0.5) is 0 Å². The molecule has 0 aliphatic heterocycles. The van der Waals surface area contributed by atoms with Crippen molar-refractivity contribution in [2.24, 2.45) is 5.73 Å². The minimum atomic E-state index is 0.0275. The average Bonchev–Trinajstić information content (AvgIpc) is 2.14. The highest BCUT2D eigenvalue weighted by Gasteiger charge is 2.09. The second-order valence-electron chi connectivity index (χ2n) is 3.41. The van der Waals surface area contributed by atoms with Gasteiger partial charge in [-0.05, 0) is 24.1 Å². The van der Waals surface area contributed by atoms with E-state index >= 15 is 0 Å². The molecule has 0 fully saturated rings. The van der Waals surface area contributed by atoms with E-state index in [1.807, 2.05) is 12.1 Å². The summed E-state index contributed by atoms with van der Waals surface area (Å²) in [4.78, 5) is 0. The second-order valence-corrected chi connectivity index (χ2v) is 4.26. The fourth-order valence-electron chi connectivity index (χ4n) is 1.38. The summed E-state index contributed by atoms with van der Waals surface area (Å²) in [6.45, 7) is 2.15. The van der Waals surface area contributed by atoms with E-state index < -0.39 is 0 Å². The Kier molecular flexibility index (Phi) is 4.73. The van der Waals surface area contributed by atoms with Gasteiger partial charge in [-0.1, -0.05) is 49.0 Å². The topological polar surface area (TPSA) is 26.0 Å². The molecule has 2 N–H and O–H groups in total. The highest BCUT2D eigenvalue weighted by atomic mass is 35.5. The molecule has 3 heteroatoms. The maximum absolute atomic E-state index is 6.04. The molecule has 1 atom stereocenters. The Hall–Kier alpha value is -0.240. The first-order valence-electron chi connectivity index (χ1n) is 4.85. The molecule has 1 rings (SSSR count). The number of rotatable bonds is 4. The zero-order valence-electron chi connectivity index (χ0n) is 8.26. The summed E-state index contributed by atoms with van der Waals surface area (Å²) in [6, 6.07) is 5.50. The first-order valence-corrected chi connectivity index (χ1v) is 5.61. The van der Waals surface area contributed by atoms with Gasteiger partial charge in [-0.15, -0.1) is 0 Å². The van der Waals surface area contributed by atoms with Gasteiger partial charge in [0.15, 0.2) is 0 Å². The number of unbranched alkanes of at least 4 members (excludes halogenated alkanes) is 1. The van der Waals surface area contributed by atoms with E-state index in [0.29, 0.717) is 10.0 Å². The van der Waals surface area contributed by atoms with Crippen molar-refractivity contribution in [3.8, 4) is 0 Å².